The van der Waals surface area contributed by atoms with E-state index in [-0.39, 0.29) is 5.91 Å². The number of benzene rings is 1. The van der Waals surface area contributed by atoms with Crippen molar-refractivity contribution >= 4 is 17.8 Å². The third-order valence-electron chi connectivity index (χ3n) is 4.82. The summed E-state index contributed by atoms with van der Waals surface area (Å²) < 4.78 is 0. The van der Waals surface area contributed by atoms with Gasteiger partial charge in [-0.25, -0.2) is 19.9 Å². The van der Waals surface area contributed by atoms with Crippen molar-refractivity contribution in [2.45, 2.75) is 6.42 Å². The molecule has 1 aromatic carbocycles. The average molecular weight is 389 g/mol. The van der Waals surface area contributed by atoms with Crippen LogP contribution in [0.5, 0.6) is 0 Å². The molecule has 1 aliphatic heterocycles. The van der Waals surface area contributed by atoms with Crippen LogP contribution >= 0.6 is 0 Å². The number of nitrogens with zero attached hydrogens (tertiary/aromatic N) is 6. The molecule has 0 unspecified atom stereocenters. The summed E-state index contributed by atoms with van der Waals surface area (Å²) >= 11 is 0. The van der Waals surface area contributed by atoms with Crippen LogP contribution in [0.3, 0.4) is 0 Å². The van der Waals surface area contributed by atoms with E-state index in [4.69, 9.17) is 0 Å². The van der Waals surface area contributed by atoms with Gasteiger partial charge in [-0.15, -0.1) is 0 Å². The third kappa shape index (κ3) is 4.84. The van der Waals surface area contributed by atoms with Crippen LogP contribution in [0.1, 0.15) is 16.1 Å². The van der Waals surface area contributed by atoms with E-state index in [1.807, 2.05) is 24.3 Å². The molecule has 0 saturated carbocycles. The molecule has 3 heterocycles. The maximum absolute atomic E-state index is 12.5. The van der Waals surface area contributed by atoms with Crippen molar-refractivity contribution in [3.63, 3.8) is 0 Å². The Labute approximate surface area is 169 Å². The second kappa shape index (κ2) is 9.09. The predicted octanol–water partition coefficient (Wildman–Crippen LogP) is 1.57. The van der Waals surface area contributed by atoms with Gasteiger partial charge in [-0.3, -0.25) is 4.79 Å². The van der Waals surface area contributed by atoms with Gasteiger partial charge in [-0.2, -0.15) is 0 Å². The SMILES string of the molecule is O=C(NCCc1ccccc1)c1ccnc(N2CCN(c3ncccn3)CC2)n1. The maximum atomic E-state index is 12.5. The van der Waals surface area contributed by atoms with E-state index in [9.17, 15) is 4.79 Å². The number of amides is 1. The van der Waals surface area contributed by atoms with Gasteiger partial charge >= 0.3 is 0 Å². The van der Waals surface area contributed by atoms with Crippen LogP contribution in [0, 0.1) is 0 Å². The Hall–Kier alpha value is -3.55. The Balaban J connectivity index is 1.32. The lowest BCUT2D eigenvalue weighted by Gasteiger charge is -2.34. The van der Waals surface area contributed by atoms with Crippen LogP contribution in [-0.2, 0) is 6.42 Å². The van der Waals surface area contributed by atoms with Crippen molar-refractivity contribution in [2.24, 2.45) is 0 Å². The molecule has 29 heavy (non-hydrogen) atoms. The van der Waals surface area contributed by atoms with Crippen molar-refractivity contribution in [3.05, 3.63) is 72.3 Å². The molecule has 0 radical (unpaired) electrons. The molecule has 1 amide bonds. The first kappa shape index (κ1) is 18.8. The van der Waals surface area contributed by atoms with Crippen molar-refractivity contribution < 1.29 is 4.79 Å². The van der Waals surface area contributed by atoms with Crippen molar-refractivity contribution in [2.75, 3.05) is 42.5 Å². The highest BCUT2D eigenvalue weighted by molar-refractivity contribution is 5.92. The van der Waals surface area contributed by atoms with E-state index in [0.29, 0.717) is 18.2 Å². The van der Waals surface area contributed by atoms with Gasteiger partial charge in [0.1, 0.15) is 5.69 Å². The second-order valence-electron chi connectivity index (χ2n) is 6.76. The number of carbonyl (C=O) groups is 1. The lowest BCUT2D eigenvalue weighted by atomic mass is 10.1. The first-order chi connectivity index (χ1) is 14.3. The number of hydrogen-bond donors (Lipinski definition) is 1. The lowest BCUT2D eigenvalue weighted by molar-refractivity contribution is 0.0949. The molecule has 2 aromatic heterocycles. The summed E-state index contributed by atoms with van der Waals surface area (Å²) in [5.41, 5.74) is 1.58. The topological polar surface area (TPSA) is 87.1 Å². The molecule has 1 fully saturated rings. The number of carbonyl (C=O) groups excluding carboxylic acids is 1. The zero-order chi connectivity index (χ0) is 19.9. The summed E-state index contributed by atoms with van der Waals surface area (Å²) in [6.45, 7) is 3.62. The van der Waals surface area contributed by atoms with Crippen LogP contribution < -0.4 is 15.1 Å². The summed E-state index contributed by atoms with van der Waals surface area (Å²) in [4.78, 5) is 34.1. The highest BCUT2D eigenvalue weighted by Gasteiger charge is 2.21. The van der Waals surface area contributed by atoms with Crippen molar-refractivity contribution in [3.8, 4) is 0 Å². The number of aromatic nitrogens is 4. The molecule has 8 nitrogen and oxygen atoms in total. The number of piperazine rings is 1. The van der Waals surface area contributed by atoms with E-state index in [2.05, 4.69) is 47.2 Å². The number of anilines is 2. The highest BCUT2D eigenvalue weighted by Crippen LogP contribution is 2.14. The Morgan fingerprint density at radius 1 is 0.828 bits per heavy atom. The quantitative estimate of drug-likeness (QED) is 0.685. The lowest BCUT2D eigenvalue weighted by Crippen LogP contribution is -2.47. The Morgan fingerprint density at radius 3 is 2.21 bits per heavy atom. The van der Waals surface area contributed by atoms with Crippen LogP contribution in [0.15, 0.2) is 61.1 Å². The minimum atomic E-state index is -0.180. The van der Waals surface area contributed by atoms with Gasteiger partial charge < -0.3 is 15.1 Å². The zero-order valence-electron chi connectivity index (χ0n) is 16.1. The van der Waals surface area contributed by atoms with Crippen LogP contribution in [0.25, 0.3) is 0 Å². The van der Waals surface area contributed by atoms with E-state index in [0.717, 1.165) is 38.5 Å². The number of hydrogen-bond acceptors (Lipinski definition) is 7. The molecular formula is C21H23N7O. The van der Waals surface area contributed by atoms with Gasteiger partial charge in [-0.05, 0) is 24.1 Å². The molecule has 1 saturated heterocycles. The van der Waals surface area contributed by atoms with Gasteiger partial charge in [0.05, 0.1) is 0 Å². The monoisotopic (exact) mass is 389 g/mol. The normalized spacial score (nSPS) is 13.9. The first-order valence-corrected chi connectivity index (χ1v) is 9.72. The minimum absolute atomic E-state index is 0.180. The second-order valence-corrected chi connectivity index (χ2v) is 6.76. The molecule has 1 aliphatic rings. The molecule has 8 heteroatoms. The predicted molar refractivity (Wildman–Crippen MR) is 111 cm³/mol. The zero-order valence-corrected chi connectivity index (χ0v) is 16.1. The number of nitrogens with one attached hydrogen (secondary N) is 1. The fraction of sp³-hybridized carbons (Fsp3) is 0.286. The molecule has 0 aliphatic carbocycles. The number of rotatable bonds is 6. The van der Waals surface area contributed by atoms with Crippen LogP contribution in [-0.4, -0.2) is 58.6 Å². The summed E-state index contributed by atoms with van der Waals surface area (Å²) in [5, 5.41) is 2.93. The van der Waals surface area contributed by atoms with Crippen molar-refractivity contribution in [1.29, 1.82) is 0 Å². The van der Waals surface area contributed by atoms with E-state index < -0.39 is 0 Å². The molecule has 3 aromatic rings. The average Bonchev–Trinajstić information content (AvgIpc) is 2.80. The summed E-state index contributed by atoms with van der Waals surface area (Å²) in [7, 11) is 0. The summed E-state index contributed by atoms with van der Waals surface area (Å²) in [6.07, 6.45) is 5.92. The minimum Gasteiger partial charge on any atom is -0.350 e. The van der Waals surface area contributed by atoms with Gasteiger partial charge in [0.2, 0.25) is 11.9 Å². The summed E-state index contributed by atoms with van der Waals surface area (Å²) in [5.74, 6) is 1.13. The molecule has 0 atom stereocenters. The summed E-state index contributed by atoms with van der Waals surface area (Å²) in [6, 6.07) is 13.5. The van der Waals surface area contributed by atoms with E-state index >= 15 is 0 Å². The molecule has 1 N–H and O–H groups in total. The Kier molecular flexibility index (Phi) is 5.89. The third-order valence-corrected chi connectivity index (χ3v) is 4.82. The smallest absolute Gasteiger partial charge is 0.270 e. The van der Waals surface area contributed by atoms with Gasteiger partial charge in [0, 0.05) is 51.3 Å². The standard InChI is InChI=1S/C21H23N7O/c29-19(22-11-7-17-5-2-1-3-6-17)18-8-12-25-21(26-18)28-15-13-27(14-16-28)20-23-9-4-10-24-20/h1-6,8-10,12H,7,11,13-16H2,(H,22,29). The molecule has 4 rings (SSSR count). The molecule has 0 bridgehead atoms. The van der Waals surface area contributed by atoms with Gasteiger partial charge in [-0.1, -0.05) is 30.3 Å². The molecule has 148 valence electrons. The van der Waals surface area contributed by atoms with Gasteiger partial charge in [0.25, 0.3) is 5.91 Å². The Bertz CT molecular complexity index is 928. The van der Waals surface area contributed by atoms with Crippen LogP contribution in [0.4, 0.5) is 11.9 Å². The fourth-order valence-electron chi connectivity index (χ4n) is 3.24. The Morgan fingerprint density at radius 2 is 1.48 bits per heavy atom. The molecule has 0 spiro atoms. The van der Waals surface area contributed by atoms with Crippen molar-refractivity contribution in [1.82, 2.24) is 25.3 Å². The largest absolute Gasteiger partial charge is 0.350 e. The van der Waals surface area contributed by atoms with Gasteiger partial charge in [0.15, 0.2) is 0 Å². The highest BCUT2D eigenvalue weighted by atomic mass is 16.1. The van der Waals surface area contributed by atoms with E-state index in [1.54, 1.807) is 24.7 Å². The maximum Gasteiger partial charge on any atom is 0.270 e. The van der Waals surface area contributed by atoms with E-state index in [1.165, 1.54) is 5.56 Å². The molecular weight excluding hydrogens is 366 g/mol. The fourth-order valence-corrected chi connectivity index (χ4v) is 3.24. The van der Waals surface area contributed by atoms with Crippen LogP contribution in [0.2, 0.25) is 0 Å². The first-order valence-electron chi connectivity index (χ1n) is 9.72.